The minimum atomic E-state index is -0.369. The quantitative estimate of drug-likeness (QED) is 0.188. The van der Waals surface area contributed by atoms with E-state index >= 15 is 0 Å². The lowest BCUT2D eigenvalue weighted by molar-refractivity contribution is 0.1000. The van der Waals surface area contributed by atoms with Crippen LogP contribution in [0.25, 0.3) is 0 Å². The molecule has 1 aliphatic heterocycles. The van der Waals surface area contributed by atoms with E-state index in [0.29, 0.717) is 5.56 Å². The molecular formula is C64H95N3O3. The highest BCUT2D eigenvalue weighted by molar-refractivity contribution is 5.92. The largest absolute Gasteiger partial charge is 0.392 e. The van der Waals surface area contributed by atoms with Crippen molar-refractivity contribution in [3.8, 4) is 0 Å². The van der Waals surface area contributed by atoms with E-state index in [2.05, 4.69) is 227 Å². The summed E-state index contributed by atoms with van der Waals surface area (Å²) < 4.78 is 5.18. The molecule has 1 aromatic heterocycles. The molecule has 4 aromatic carbocycles. The summed E-state index contributed by atoms with van der Waals surface area (Å²) in [6.45, 7) is 45.9. The summed E-state index contributed by atoms with van der Waals surface area (Å²) in [5, 5.41) is 8.93. The van der Waals surface area contributed by atoms with Crippen LogP contribution >= 0.6 is 0 Å². The second-order valence-corrected chi connectivity index (χ2v) is 24.6. The highest BCUT2D eigenvalue weighted by Crippen LogP contribution is 2.31. The van der Waals surface area contributed by atoms with Gasteiger partial charge in [0.05, 0.1) is 6.61 Å². The number of ether oxygens (including phenoxy) is 1. The number of methoxy groups -OCH3 is 1. The highest BCUT2D eigenvalue weighted by Gasteiger charge is 2.22. The Morgan fingerprint density at radius 3 is 1.30 bits per heavy atom. The third-order valence-electron chi connectivity index (χ3n) is 11.7. The monoisotopic (exact) mass is 954 g/mol. The third kappa shape index (κ3) is 24.6. The molecule has 0 saturated heterocycles. The maximum Gasteiger partial charge on any atom is 0.248 e. The first-order valence-electron chi connectivity index (χ1n) is 24.9. The fraction of sp³-hybridized carbons (Fsp3) is 0.484. The lowest BCUT2D eigenvalue weighted by Crippen LogP contribution is -2.19. The Bertz CT molecular complexity index is 2270. The molecule has 6 rings (SSSR count). The summed E-state index contributed by atoms with van der Waals surface area (Å²) in [6, 6.07) is 37.1. The lowest BCUT2D eigenvalue weighted by Gasteiger charge is -2.26. The Morgan fingerprint density at radius 1 is 0.557 bits per heavy atom. The van der Waals surface area contributed by atoms with Crippen LogP contribution in [-0.2, 0) is 38.4 Å². The number of nitrogens with zero attached hydrogens (tertiary/aromatic N) is 2. The van der Waals surface area contributed by atoms with Gasteiger partial charge in [0.15, 0.2) is 6.23 Å². The van der Waals surface area contributed by atoms with Gasteiger partial charge < -0.3 is 15.6 Å². The predicted molar refractivity (Wildman–Crippen MR) is 304 cm³/mol. The number of nitrogens with two attached hydrogens (primary N) is 1. The van der Waals surface area contributed by atoms with Crippen molar-refractivity contribution in [2.24, 2.45) is 16.1 Å². The lowest BCUT2D eigenvalue weighted by atomic mass is 9.83. The minimum absolute atomic E-state index is 0.0317. The van der Waals surface area contributed by atoms with Crippen LogP contribution in [0, 0.1) is 26.2 Å². The number of hydrogen-bond donors (Lipinski definition) is 2. The zero-order valence-corrected chi connectivity index (χ0v) is 47.9. The Kier molecular flexibility index (Phi) is 24.6. The van der Waals surface area contributed by atoms with Gasteiger partial charge in [-0.1, -0.05) is 226 Å². The van der Waals surface area contributed by atoms with Gasteiger partial charge in [-0.15, -0.1) is 0 Å². The fourth-order valence-electron chi connectivity index (χ4n) is 6.75. The molecule has 1 aliphatic rings. The number of dihydropyridines is 1. The maximum absolute atomic E-state index is 10.9. The second-order valence-electron chi connectivity index (χ2n) is 24.6. The molecule has 0 spiro atoms. The number of aliphatic hydroxyl groups excluding tert-OH is 1. The van der Waals surface area contributed by atoms with Crippen molar-refractivity contribution in [2.45, 2.75) is 192 Å². The van der Waals surface area contributed by atoms with Crippen LogP contribution in [0.4, 0.5) is 0 Å². The summed E-state index contributed by atoms with van der Waals surface area (Å²) >= 11 is 0. The molecule has 6 nitrogen and oxygen atoms in total. The maximum atomic E-state index is 10.9. The van der Waals surface area contributed by atoms with Gasteiger partial charge in [-0.05, 0) is 117 Å². The molecule has 5 aromatic rings. The highest BCUT2D eigenvalue weighted by atomic mass is 16.5. The van der Waals surface area contributed by atoms with Crippen LogP contribution in [0.1, 0.15) is 192 Å². The van der Waals surface area contributed by atoms with E-state index in [9.17, 15) is 4.79 Å². The Hall–Kier alpha value is -5.17. The zero-order chi connectivity index (χ0) is 53.9. The zero-order valence-electron chi connectivity index (χ0n) is 47.9. The second kappa shape index (κ2) is 27.4. The number of amides is 1. The number of aliphatic imine (C=N–C) groups is 1. The summed E-state index contributed by atoms with van der Waals surface area (Å²) in [5.74, 6) is -0.369. The van der Waals surface area contributed by atoms with Crippen molar-refractivity contribution in [1.82, 2.24) is 4.98 Å². The number of carbonyl (C=O) groups is 1. The summed E-state index contributed by atoms with van der Waals surface area (Å²) in [6.07, 6.45) is 6.77. The molecule has 0 fully saturated rings. The van der Waals surface area contributed by atoms with Crippen LogP contribution in [0.5, 0.6) is 0 Å². The molecule has 1 unspecified atom stereocenters. The molecule has 2 heterocycles. The average Bonchev–Trinajstić information content (AvgIpc) is 3.26. The Labute approximate surface area is 427 Å². The van der Waals surface area contributed by atoms with Gasteiger partial charge in [-0.25, -0.2) is 0 Å². The Balaban J connectivity index is 0.000000420. The van der Waals surface area contributed by atoms with Gasteiger partial charge in [-0.2, -0.15) is 0 Å². The van der Waals surface area contributed by atoms with E-state index in [1.807, 2.05) is 49.7 Å². The van der Waals surface area contributed by atoms with Crippen molar-refractivity contribution in [3.63, 3.8) is 0 Å². The summed E-state index contributed by atoms with van der Waals surface area (Å²) in [5.41, 5.74) is 19.8. The van der Waals surface area contributed by atoms with E-state index in [-0.39, 0.29) is 51.2 Å². The number of allylic oxidation sites excluding steroid dienone is 1. The molecule has 3 N–H and O–H groups in total. The van der Waals surface area contributed by atoms with Gasteiger partial charge in [0.2, 0.25) is 5.91 Å². The molecule has 0 saturated carbocycles. The van der Waals surface area contributed by atoms with Crippen molar-refractivity contribution < 1.29 is 14.6 Å². The molecule has 0 bridgehead atoms. The topological polar surface area (TPSA) is 97.8 Å². The van der Waals surface area contributed by atoms with Gasteiger partial charge in [0.25, 0.3) is 0 Å². The smallest absolute Gasteiger partial charge is 0.248 e. The SMILES string of the molecule is CC(C)(C)c1cccc(C(N)=O)c1.CC(C)(C)c1cccc(CO)c1.COC1CC(C(C)(C)C)=CC=N1.Cc1cc(C(C)(C)C)ccn1.Cc1cccc(C(C)(C)C)c1.Cc1cccc(C(C)(C)C)c1. The molecule has 384 valence electrons. The van der Waals surface area contributed by atoms with Crippen molar-refractivity contribution in [3.05, 3.63) is 183 Å². The van der Waals surface area contributed by atoms with Crippen LogP contribution in [0.15, 0.2) is 132 Å². The first-order valence-corrected chi connectivity index (χ1v) is 24.9. The first-order chi connectivity index (χ1) is 32.0. The summed E-state index contributed by atoms with van der Waals surface area (Å²) in [7, 11) is 1.70. The molecular weight excluding hydrogens is 859 g/mol. The number of carbonyl (C=O) groups excluding carboxylic acids is 1. The summed E-state index contributed by atoms with van der Waals surface area (Å²) in [4.78, 5) is 19.2. The van der Waals surface area contributed by atoms with Gasteiger partial charge in [-0.3, -0.25) is 14.8 Å². The standard InChI is InChI=1S/C11H15NO.C11H16O.2C11H16.C10H17NO.C10H15N/c1-11(2,3)9-6-4-5-8(7-9)10(12)13;1-11(2,3)10-6-4-5-9(7-10)8-12;2*1-9-6-5-7-10(8-9)11(2,3)4;1-10(2,3)8-5-6-11-9(7-8)12-4;1-8-7-9(5-6-11-8)10(2,3)4/h4-7H,1-3H3,(H2,12,13);4-7,12H,8H2,1-3H3;2*5-8H,1-4H3;5-6,9H,7H2,1-4H3;5-7H,1-4H3. The predicted octanol–water partition coefficient (Wildman–Crippen LogP) is 16.2. The van der Waals surface area contributed by atoms with Crippen LogP contribution in [0.2, 0.25) is 0 Å². The normalized spacial score (nSPS) is 13.7. The molecule has 6 heteroatoms. The average molecular weight is 954 g/mol. The van der Waals surface area contributed by atoms with Crippen molar-refractivity contribution >= 4 is 12.1 Å². The fourth-order valence-corrected chi connectivity index (χ4v) is 6.75. The number of hydrogen-bond acceptors (Lipinski definition) is 5. The number of benzene rings is 4. The molecule has 70 heavy (non-hydrogen) atoms. The van der Waals surface area contributed by atoms with Crippen LogP contribution in [-0.4, -0.2) is 35.5 Å². The first kappa shape index (κ1) is 62.8. The number of aliphatic hydroxyl groups is 1. The van der Waals surface area contributed by atoms with Gasteiger partial charge >= 0.3 is 0 Å². The molecule has 1 amide bonds. The van der Waals surface area contributed by atoms with E-state index in [4.69, 9.17) is 15.6 Å². The van der Waals surface area contributed by atoms with E-state index in [0.717, 1.165) is 23.2 Å². The van der Waals surface area contributed by atoms with E-state index < -0.39 is 0 Å². The third-order valence-corrected chi connectivity index (χ3v) is 11.7. The molecule has 0 radical (unpaired) electrons. The number of aromatic nitrogens is 1. The number of pyridine rings is 1. The van der Waals surface area contributed by atoms with Crippen molar-refractivity contribution in [2.75, 3.05) is 7.11 Å². The van der Waals surface area contributed by atoms with Gasteiger partial charge in [0.1, 0.15) is 0 Å². The van der Waals surface area contributed by atoms with Crippen LogP contribution < -0.4 is 5.73 Å². The minimum Gasteiger partial charge on any atom is -0.392 e. The van der Waals surface area contributed by atoms with E-state index in [1.165, 1.54) is 39.0 Å². The van der Waals surface area contributed by atoms with E-state index in [1.54, 1.807) is 13.2 Å². The van der Waals surface area contributed by atoms with Crippen molar-refractivity contribution in [1.29, 1.82) is 0 Å². The van der Waals surface area contributed by atoms with Gasteiger partial charge in [0, 0.05) is 37.2 Å². The number of rotatable bonds is 3. The number of aryl methyl sites for hydroxylation is 3. The number of primary amides is 1. The molecule has 1 atom stereocenters. The Morgan fingerprint density at radius 2 is 0.957 bits per heavy atom. The van der Waals surface area contributed by atoms with Crippen LogP contribution in [0.3, 0.4) is 0 Å². The molecule has 0 aliphatic carbocycles.